The van der Waals surface area contributed by atoms with Crippen molar-refractivity contribution < 1.29 is 30.6 Å². The number of hydrogen-bond acceptors (Lipinski definition) is 4. The lowest BCUT2D eigenvalue weighted by molar-refractivity contribution is -0.903. The first-order valence-corrected chi connectivity index (χ1v) is 6.75. The van der Waals surface area contributed by atoms with Gasteiger partial charge < -0.3 is 30.6 Å². The Kier molecular flexibility index (Phi) is 6.15. The lowest BCUT2D eigenvalue weighted by atomic mass is 10.1. The summed E-state index contributed by atoms with van der Waals surface area (Å²) in [5, 5.41) is 9.63. The molecule has 0 unspecified atom stereocenters. The Hall–Kier alpha value is -1.84. The Morgan fingerprint density at radius 2 is 2.05 bits per heavy atom. The second-order valence-electron chi connectivity index (χ2n) is 5.68. The molecule has 2 aromatic rings. The molecule has 0 aliphatic heterocycles. The molecule has 0 N–H and O–H groups in total. The first kappa shape index (κ1) is 18.2. The molecule has 0 radical (unpaired) electrons. The first-order valence-electron chi connectivity index (χ1n) is 6.75. The largest absolute Gasteiger partial charge is 1.00 e. The summed E-state index contributed by atoms with van der Waals surface area (Å²) in [5.41, 5.74) is 1.08. The van der Waals surface area contributed by atoms with E-state index < -0.39 is 0 Å². The van der Waals surface area contributed by atoms with Crippen molar-refractivity contribution >= 4 is 11.0 Å². The third-order valence-electron chi connectivity index (χ3n) is 3.46. The standard InChI is InChI=1S/C16H19N2O3.BrH/c1-18(2,8-4-7-17)11-12-9-16(19)21-15-10-13(20-3)5-6-14(12)15;/h5-6,9-10H,4,8,11H2,1-3H3;1H/q+1;/p-1. The Morgan fingerprint density at radius 3 is 2.68 bits per heavy atom. The molecule has 0 spiro atoms. The summed E-state index contributed by atoms with van der Waals surface area (Å²) in [6, 6.07) is 9.16. The van der Waals surface area contributed by atoms with Crippen LogP contribution >= 0.6 is 0 Å². The van der Waals surface area contributed by atoms with Crippen LogP contribution in [0.5, 0.6) is 5.75 Å². The van der Waals surface area contributed by atoms with Gasteiger partial charge in [0.05, 0.1) is 40.2 Å². The van der Waals surface area contributed by atoms with E-state index in [0.29, 0.717) is 28.8 Å². The quantitative estimate of drug-likeness (QED) is 0.518. The van der Waals surface area contributed by atoms with E-state index in [1.165, 1.54) is 6.07 Å². The van der Waals surface area contributed by atoms with E-state index in [1.807, 2.05) is 26.2 Å². The van der Waals surface area contributed by atoms with E-state index >= 15 is 0 Å². The van der Waals surface area contributed by atoms with Gasteiger partial charge in [0.15, 0.2) is 0 Å². The highest BCUT2D eigenvalue weighted by Crippen LogP contribution is 2.24. The molecule has 0 saturated heterocycles. The predicted molar refractivity (Wildman–Crippen MR) is 79.9 cm³/mol. The lowest BCUT2D eigenvalue weighted by Crippen LogP contribution is -3.00. The molecule has 0 aliphatic rings. The number of hydrogen-bond donors (Lipinski definition) is 0. The molecule has 6 heteroatoms. The van der Waals surface area contributed by atoms with Crippen LogP contribution in [0.25, 0.3) is 11.0 Å². The minimum Gasteiger partial charge on any atom is -1.00 e. The molecule has 0 atom stereocenters. The Labute approximate surface area is 140 Å². The molecule has 118 valence electrons. The Morgan fingerprint density at radius 1 is 1.32 bits per heavy atom. The SMILES string of the molecule is COc1ccc2c(C[N+](C)(C)CCC#N)cc(=O)oc2c1.[Br-]. The average Bonchev–Trinajstić information content (AvgIpc) is 2.44. The van der Waals surface area contributed by atoms with Crippen molar-refractivity contribution in [2.45, 2.75) is 13.0 Å². The summed E-state index contributed by atoms with van der Waals surface area (Å²) in [7, 11) is 5.66. The maximum atomic E-state index is 11.7. The maximum Gasteiger partial charge on any atom is 0.336 e. The highest BCUT2D eigenvalue weighted by molar-refractivity contribution is 5.81. The number of quaternary nitrogens is 1. The maximum absolute atomic E-state index is 11.7. The van der Waals surface area contributed by atoms with Crippen molar-refractivity contribution in [3.63, 3.8) is 0 Å². The summed E-state index contributed by atoms with van der Waals surface area (Å²) in [6.07, 6.45) is 0.486. The molecule has 5 nitrogen and oxygen atoms in total. The number of halogens is 1. The predicted octanol–water partition coefficient (Wildman–Crippen LogP) is -0.704. The number of nitrogens with zero attached hydrogens (tertiary/aromatic N) is 2. The zero-order valence-corrected chi connectivity index (χ0v) is 14.5. The Bertz CT molecular complexity index is 747. The molecule has 0 amide bonds. The minimum absolute atomic E-state index is 0. The number of ether oxygens (including phenoxy) is 1. The van der Waals surface area contributed by atoms with Gasteiger partial charge in [-0.3, -0.25) is 0 Å². The highest BCUT2D eigenvalue weighted by atomic mass is 79.9. The Balaban J connectivity index is 0.00000242. The van der Waals surface area contributed by atoms with Crippen LogP contribution in [0.3, 0.4) is 0 Å². The number of nitriles is 1. The number of benzene rings is 1. The summed E-state index contributed by atoms with van der Waals surface area (Å²) in [5.74, 6) is 0.654. The molecule has 22 heavy (non-hydrogen) atoms. The van der Waals surface area contributed by atoms with Crippen LogP contribution in [-0.4, -0.2) is 32.2 Å². The zero-order valence-electron chi connectivity index (χ0n) is 12.9. The van der Waals surface area contributed by atoms with Crippen molar-refractivity contribution in [3.8, 4) is 11.8 Å². The van der Waals surface area contributed by atoms with Crippen LogP contribution in [0.15, 0.2) is 33.5 Å². The fourth-order valence-corrected chi connectivity index (χ4v) is 2.36. The van der Waals surface area contributed by atoms with Gasteiger partial charge in [0.25, 0.3) is 0 Å². The van der Waals surface area contributed by atoms with Crippen molar-refractivity contribution in [2.75, 3.05) is 27.7 Å². The van der Waals surface area contributed by atoms with Crippen LogP contribution in [0.2, 0.25) is 0 Å². The third-order valence-corrected chi connectivity index (χ3v) is 3.46. The second kappa shape index (κ2) is 7.43. The summed E-state index contributed by atoms with van der Waals surface area (Å²) in [6.45, 7) is 1.39. The van der Waals surface area contributed by atoms with Crippen molar-refractivity contribution in [3.05, 3.63) is 40.2 Å². The second-order valence-corrected chi connectivity index (χ2v) is 5.68. The molecule has 1 heterocycles. The van der Waals surface area contributed by atoms with E-state index in [2.05, 4.69) is 6.07 Å². The fraction of sp³-hybridized carbons (Fsp3) is 0.375. The highest BCUT2D eigenvalue weighted by Gasteiger charge is 2.18. The van der Waals surface area contributed by atoms with Crippen molar-refractivity contribution in [2.24, 2.45) is 0 Å². The van der Waals surface area contributed by atoms with Gasteiger partial charge in [0.1, 0.15) is 17.9 Å². The monoisotopic (exact) mass is 366 g/mol. The molecule has 0 aliphatic carbocycles. The van der Waals surface area contributed by atoms with Gasteiger partial charge in [-0.15, -0.1) is 0 Å². The summed E-state index contributed by atoms with van der Waals surface area (Å²) < 4.78 is 11.0. The van der Waals surface area contributed by atoms with Gasteiger partial charge in [-0.05, 0) is 12.1 Å². The van der Waals surface area contributed by atoms with Crippen LogP contribution in [0, 0.1) is 11.3 Å². The van der Waals surface area contributed by atoms with Gasteiger partial charge in [-0.2, -0.15) is 5.26 Å². The molecular weight excluding hydrogens is 348 g/mol. The van der Waals surface area contributed by atoms with Crippen LogP contribution in [0.4, 0.5) is 0 Å². The van der Waals surface area contributed by atoms with Crippen LogP contribution in [0.1, 0.15) is 12.0 Å². The van der Waals surface area contributed by atoms with Crippen LogP contribution < -0.4 is 27.3 Å². The number of methoxy groups -OCH3 is 1. The summed E-state index contributed by atoms with van der Waals surface area (Å²) in [4.78, 5) is 11.7. The molecule has 0 bridgehead atoms. The van der Waals surface area contributed by atoms with E-state index in [0.717, 1.165) is 17.5 Å². The first-order chi connectivity index (χ1) is 9.95. The van der Waals surface area contributed by atoms with Gasteiger partial charge in [0, 0.05) is 23.1 Å². The molecule has 2 rings (SSSR count). The van der Waals surface area contributed by atoms with E-state index in [-0.39, 0.29) is 22.6 Å². The zero-order chi connectivity index (χ0) is 15.5. The molecule has 0 fully saturated rings. The van der Waals surface area contributed by atoms with E-state index in [4.69, 9.17) is 14.4 Å². The fourth-order valence-electron chi connectivity index (χ4n) is 2.36. The molecular formula is C16H19BrN2O3. The molecule has 1 aromatic carbocycles. The lowest BCUT2D eigenvalue weighted by Gasteiger charge is -2.29. The van der Waals surface area contributed by atoms with Crippen molar-refractivity contribution in [1.29, 1.82) is 5.26 Å². The third kappa shape index (κ3) is 4.33. The van der Waals surface area contributed by atoms with E-state index in [9.17, 15) is 4.79 Å². The number of fused-ring (bicyclic) bond motifs is 1. The topological polar surface area (TPSA) is 63.2 Å². The van der Waals surface area contributed by atoms with Gasteiger partial charge in [-0.25, -0.2) is 4.79 Å². The number of rotatable bonds is 5. The molecule has 1 aromatic heterocycles. The van der Waals surface area contributed by atoms with Gasteiger partial charge in [0.2, 0.25) is 0 Å². The minimum atomic E-state index is -0.369. The summed E-state index contributed by atoms with van der Waals surface area (Å²) >= 11 is 0. The van der Waals surface area contributed by atoms with Crippen LogP contribution in [-0.2, 0) is 6.54 Å². The van der Waals surface area contributed by atoms with Gasteiger partial charge >= 0.3 is 5.63 Å². The van der Waals surface area contributed by atoms with E-state index in [1.54, 1.807) is 13.2 Å². The average molecular weight is 367 g/mol. The normalized spacial score (nSPS) is 10.8. The smallest absolute Gasteiger partial charge is 0.336 e. The van der Waals surface area contributed by atoms with Gasteiger partial charge in [-0.1, -0.05) is 0 Å². The van der Waals surface area contributed by atoms with Crippen molar-refractivity contribution in [1.82, 2.24) is 0 Å². The molecule has 0 saturated carbocycles.